The molecule has 0 aliphatic heterocycles. The molecule has 1 aromatic heterocycles. The first-order valence-corrected chi connectivity index (χ1v) is 5.91. The van der Waals surface area contributed by atoms with Crippen molar-refractivity contribution in [1.29, 1.82) is 0 Å². The third-order valence-electron chi connectivity index (χ3n) is 2.66. The first-order valence-electron chi connectivity index (χ1n) is 5.91. The fourth-order valence-corrected chi connectivity index (χ4v) is 1.81. The number of para-hydroxylation sites is 1. The zero-order valence-corrected chi connectivity index (χ0v) is 9.74. The van der Waals surface area contributed by atoms with E-state index in [1.165, 1.54) is 10.9 Å². The summed E-state index contributed by atoms with van der Waals surface area (Å²) in [6.07, 6.45) is 5.26. The van der Waals surface area contributed by atoms with Gasteiger partial charge in [0, 0.05) is 31.1 Å². The van der Waals surface area contributed by atoms with Gasteiger partial charge in [-0.3, -0.25) is 0 Å². The van der Waals surface area contributed by atoms with Crippen molar-refractivity contribution in [3.8, 4) is 11.8 Å². The highest BCUT2D eigenvalue weighted by molar-refractivity contribution is 5.79. The first-order chi connectivity index (χ1) is 7.92. The maximum absolute atomic E-state index is 3.22. The predicted octanol–water partition coefficient (Wildman–Crippen LogP) is 3.83. The van der Waals surface area contributed by atoms with Crippen LogP contribution in [0.5, 0.6) is 0 Å². The summed E-state index contributed by atoms with van der Waals surface area (Å²) in [7, 11) is 0. The summed E-state index contributed by atoms with van der Waals surface area (Å²) >= 11 is 0. The minimum absolute atomic E-state index is 0.943. The van der Waals surface area contributed by atoms with Crippen LogP contribution in [0, 0.1) is 11.8 Å². The molecule has 0 radical (unpaired) electrons. The molecule has 2 aromatic rings. The average molecular weight is 211 g/mol. The summed E-state index contributed by atoms with van der Waals surface area (Å²) in [4.78, 5) is 0. The minimum atomic E-state index is 0.943. The molecule has 0 bridgehead atoms. The van der Waals surface area contributed by atoms with Crippen molar-refractivity contribution in [2.45, 2.75) is 32.7 Å². The van der Waals surface area contributed by atoms with Crippen molar-refractivity contribution in [2.75, 3.05) is 0 Å². The standard InChI is InChI=1S/C15H17N/c1-2-3-4-5-8-12-16-13-11-14-9-6-7-10-15(14)16/h6-7,9-11,13H,2-3,8,12H2,1H3. The van der Waals surface area contributed by atoms with Crippen molar-refractivity contribution in [3.05, 3.63) is 36.5 Å². The largest absolute Gasteiger partial charge is 0.347 e. The van der Waals surface area contributed by atoms with Crippen LogP contribution < -0.4 is 0 Å². The van der Waals surface area contributed by atoms with E-state index in [0.29, 0.717) is 0 Å². The Morgan fingerprint density at radius 3 is 2.75 bits per heavy atom. The van der Waals surface area contributed by atoms with Crippen LogP contribution in [0.2, 0.25) is 0 Å². The monoisotopic (exact) mass is 211 g/mol. The molecule has 0 aliphatic carbocycles. The molecule has 1 nitrogen and oxygen atoms in total. The van der Waals surface area contributed by atoms with Crippen molar-refractivity contribution in [2.24, 2.45) is 0 Å². The number of unbranched alkanes of at least 4 members (excludes halogenated alkanes) is 1. The highest BCUT2D eigenvalue weighted by Crippen LogP contribution is 2.14. The number of fused-ring (bicyclic) bond motifs is 1. The summed E-state index contributed by atoms with van der Waals surface area (Å²) in [6, 6.07) is 10.6. The Hall–Kier alpha value is -1.68. The van der Waals surface area contributed by atoms with Gasteiger partial charge in [-0.1, -0.05) is 25.1 Å². The normalized spacial score (nSPS) is 10.1. The van der Waals surface area contributed by atoms with Crippen LogP contribution in [0.4, 0.5) is 0 Å². The van der Waals surface area contributed by atoms with Gasteiger partial charge in [-0.05, 0) is 23.9 Å². The van der Waals surface area contributed by atoms with Crippen LogP contribution in [0.15, 0.2) is 36.5 Å². The Morgan fingerprint density at radius 2 is 1.88 bits per heavy atom. The van der Waals surface area contributed by atoms with Gasteiger partial charge in [-0.15, -0.1) is 11.8 Å². The molecule has 0 atom stereocenters. The number of nitrogens with zero attached hydrogens (tertiary/aromatic N) is 1. The first kappa shape index (κ1) is 10.8. The molecule has 1 heterocycles. The molecule has 16 heavy (non-hydrogen) atoms. The Bertz CT molecular complexity index is 511. The van der Waals surface area contributed by atoms with E-state index in [-0.39, 0.29) is 0 Å². The van der Waals surface area contributed by atoms with E-state index in [1.807, 2.05) is 0 Å². The van der Waals surface area contributed by atoms with Gasteiger partial charge in [0.1, 0.15) is 0 Å². The van der Waals surface area contributed by atoms with Crippen LogP contribution in [0.3, 0.4) is 0 Å². The fourth-order valence-electron chi connectivity index (χ4n) is 1.81. The Balaban J connectivity index is 2.03. The molecule has 0 saturated heterocycles. The van der Waals surface area contributed by atoms with Gasteiger partial charge in [0.05, 0.1) is 0 Å². The third kappa shape index (κ3) is 2.46. The second-order valence-electron chi connectivity index (χ2n) is 3.92. The number of rotatable bonds is 3. The lowest BCUT2D eigenvalue weighted by molar-refractivity contribution is 0.748. The van der Waals surface area contributed by atoms with Crippen molar-refractivity contribution in [1.82, 2.24) is 4.57 Å². The van der Waals surface area contributed by atoms with E-state index in [4.69, 9.17) is 0 Å². The second-order valence-corrected chi connectivity index (χ2v) is 3.92. The number of benzene rings is 1. The quantitative estimate of drug-likeness (QED) is 0.680. The Morgan fingerprint density at radius 1 is 1.06 bits per heavy atom. The zero-order valence-electron chi connectivity index (χ0n) is 9.74. The molecular formula is C15H17N. The highest BCUT2D eigenvalue weighted by atomic mass is 14.9. The molecule has 0 aliphatic rings. The van der Waals surface area contributed by atoms with Gasteiger partial charge in [-0.2, -0.15) is 0 Å². The molecular weight excluding hydrogens is 194 g/mol. The van der Waals surface area contributed by atoms with E-state index in [0.717, 1.165) is 25.8 Å². The molecule has 0 unspecified atom stereocenters. The average Bonchev–Trinajstić information content (AvgIpc) is 2.73. The van der Waals surface area contributed by atoms with Gasteiger partial charge < -0.3 is 4.57 Å². The third-order valence-corrected chi connectivity index (χ3v) is 2.66. The number of hydrogen-bond acceptors (Lipinski definition) is 0. The van der Waals surface area contributed by atoms with Gasteiger partial charge >= 0.3 is 0 Å². The van der Waals surface area contributed by atoms with Crippen molar-refractivity contribution >= 4 is 10.9 Å². The minimum Gasteiger partial charge on any atom is -0.347 e. The maximum atomic E-state index is 3.22. The smallest absolute Gasteiger partial charge is 0.0480 e. The molecule has 0 spiro atoms. The molecule has 0 amide bonds. The molecule has 2 rings (SSSR count). The Labute approximate surface area is 97.1 Å². The maximum Gasteiger partial charge on any atom is 0.0480 e. The lowest BCUT2D eigenvalue weighted by Gasteiger charge is -2.01. The van der Waals surface area contributed by atoms with Crippen molar-refractivity contribution in [3.63, 3.8) is 0 Å². The summed E-state index contributed by atoms with van der Waals surface area (Å²) in [5, 5.41) is 1.31. The number of hydrogen-bond donors (Lipinski definition) is 0. The van der Waals surface area contributed by atoms with Crippen LogP contribution in [-0.2, 0) is 6.54 Å². The van der Waals surface area contributed by atoms with Crippen LogP contribution in [-0.4, -0.2) is 4.57 Å². The SMILES string of the molecule is CCCC#CCCn1ccc2ccccc21. The van der Waals surface area contributed by atoms with Gasteiger partial charge in [0.2, 0.25) is 0 Å². The van der Waals surface area contributed by atoms with E-state index in [2.05, 4.69) is 59.9 Å². The summed E-state index contributed by atoms with van der Waals surface area (Å²) in [5.41, 5.74) is 1.31. The Kier molecular flexibility index (Phi) is 3.66. The summed E-state index contributed by atoms with van der Waals surface area (Å²) in [5.74, 6) is 6.40. The fraction of sp³-hybridized carbons (Fsp3) is 0.333. The van der Waals surface area contributed by atoms with Crippen LogP contribution in [0.1, 0.15) is 26.2 Å². The second kappa shape index (κ2) is 5.42. The van der Waals surface area contributed by atoms with Crippen molar-refractivity contribution < 1.29 is 0 Å². The van der Waals surface area contributed by atoms with Crippen LogP contribution >= 0.6 is 0 Å². The predicted molar refractivity (Wildman–Crippen MR) is 69.2 cm³/mol. The summed E-state index contributed by atoms with van der Waals surface area (Å²) < 4.78 is 2.27. The molecule has 82 valence electrons. The van der Waals surface area contributed by atoms with E-state index in [9.17, 15) is 0 Å². The zero-order chi connectivity index (χ0) is 11.2. The molecule has 0 fully saturated rings. The van der Waals surface area contributed by atoms with Gasteiger partial charge in [0.25, 0.3) is 0 Å². The molecule has 1 heteroatoms. The summed E-state index contributed by atoms with van der Waals surface area (Å²) in [6.45, 7) is 3.15. The van der Waals surface area contributed by atoms with E-state index < -0.39 is 0 Å². The lowest BCUT2D eigenvalue weighted by Crippen LogP contribution is -1.94. The van der Waals surface area contributed by atoms with Crippen LogP contribution in [0.25, 0.3) is 10.9 Å². The van der Waals surface area contributed by atoms with E-state index >= 15 is 0 Å². The number of aromatic nitrogens is 1. The van der Waals surface area contributed by atoms with Gasteiger partial charge in [-0.25, -0.2) is 0 Å². The topological polar surface area (TPSA) is 4.93 Å². The lowest BCUT2D eigenvalue weighted by atomic mass is 10.2. The molecule has 1 aromatic carbocycles. The highest BCUT2D eigenvalue weighted by Gasteiger charge is 1.97. The van der Waals surface area contributed by atoms with Gasteiger partial charge in [0.15, 0.2) is 0 Å². The molecule has 0 saturated carbocycles. The molecule has 0 N–H and O–H groups in total. The van der Waals surface area contributed by atoms with E-state index in [1.54, 1.807) is 0 Å². The number of aryl methyl sites for hydroxylation is 1.